The first-order valence-electron chi connectivity index (χ1n) is 5.95. The third kappa shape index (κ3) is 6.12. The molecule has 0 aliphatic rings. The van der Waals surface area contributed by atoms with Gasteiger partial charge in [-0.05, 0) is 0 Å². The number of urea groups is 1. The van der Waals surface area contributed by atoms with Crippen molar-refractivity contribution in [3.8, 4) is 0 Å². The third-order valence-corrected chi connectivity index (χ3v) is 2.32. The lowest BCUT2D eigenvalue weighted by atomic mass is 10.4. The zero-order chi connectivity index (χ0) is 15.8. The summed E-state index contributed by atoms with van der Waals surface area (Å²) in [5.74, 6) is -1.10. The number of rotatable bonds is 8. The Morgan fingerprint density at radius 1 is 1.48 bits per heavy atom. The van der Waals surface area contributed by atoms with Gasteiger partial charge in [0.2, 0.25) is 0 Å². The molecular formula is C10H15F2N5O4. The summed E-state index contributed by atoms with van der Waals surface area (Å²) in [5, 5.41) is 26.8. The molecule has 1 heterocycles. The molecule has 0 saturated carbocycles. The van der Waals surface area contributed by atoms with Crippen LogP contribution in [0.25, 0.3) is 0 Å². The molecular weight excluding hydrogens is 292 g/mol. The van der Waals surface area contributed by atoms with E-state index in [1.165, 1.54) is 6.20 Å². The van der Waals surface area contributed by atoms with Crippen LogP contribution in [0.5, 0.6) is 0 Å². The van der Waals surface area contributed by atoms with Crippen molar-refractivity contribution in [3.63, 3.8) is 0 Å². The van der Waals surface area contributed by atoms with Gasteiger partial charge in [0, 0.05) is 6.54 Å². The fraction of sp³-hybridized carbons (Fsp3) is 0.600. The molecule has 0 aliphatic carbocycles. The summed E-state index contributed by atoms with van der Waals surface area (Å²) < 4.78 is 25.6. The molecule has 0 aliphatic heterocycles. The first-order valence-corrected chi connectivity index (χ1v) is 5.95. The molecule has 2 amide bonds. The maximum atomic E-state index is 12.3. The van der Waals surface area contributed by atoms with Crippen molar-refractivity contribution in [2.75, 3.05) is 19.7 Å². The molecule has 0 atom stereocenters. The lowest BCUT2D eigenvalue weighted by molar-refractivity contribution is -0.137. The van der Waals surface area contributed by atoms with E-state index in [9.17, 15) is 18.4 Å². The molecule has 9 nitrogen and oxygen atoms in total. The van der Waals surface area contributed by atoms with Crippen LogP contribution in [0.4, 0.5) is 13.6 Å². The van der Waals surface area contributed by atoms with Gasteiger partial charge in [-0.15, -0.1) is 5.10 Å². The highest BCUT2D eigenvalue weighted by molar-refractivity contribution is 5.74. The average Bonchev–Trinajstić information content (AvgIpc) is 2.81. The van der Waals surface area contributed by atoms with E-state index < -0.39 is 31.6 Å². The second-order valence-electron chi connectivity index (χ2n) is 4.02. The third-order valence-electron chi connectivity index (χ3n) is 2.32. The van der Waals surface area contributed by atoms with Crippen molar-refractivity contribution in [3.05, 3.63) is 11.9 Å². The summed E-state index contributed by atoms with van der Waals surface area (Å²) in [4.78, 5) is 22.9. The van der Waals surface area contributed by atoms with Gasteiger partial charge in [0.05, 0.1) is 25.9 Å². The Hall–Kier alpha value is -2.30. The molecule has 118 valence electrons. The number of alkyl halides is 2. The number of carbonyl (C=O) groups excluding carboxylic acids is 1. The second-order valence-corrected chi connectivity index (χ2v) is 4.02. The first-order chi connectivity index (χ1) is 9.92. The van der Waals surface area contributed by atoms with E-state index in [2.05, 4.69) is 15.6 Å². The molecule has 0 fully saturated rings. The topological polar surface area (TPSA) is 121 Å². The molecule has 11 heteroatoms. The normalized spacial score (nSPS) is 10.7. The number of carbonyl (C=O) groups is 2. The zero-order valence-electron chi connectivity index (χ0n) is 10.9. The van der Waals surface area contributed by atoms with Crippen LogP contribution in [0.15, 0.2) is 6.20 Å². The number of aliphatic hydroxyl groups is 1. The minimum atomic E-state index is -2.71. The van der Waals surface area contributed by atoms with Crippen molar-refractivity contribution >= 4 is 12.0 Å². The number of carboxylic acids is 1. The predicted octanol–water partition coefficient (Wildman–Crippen LogP) is -0.868. The number of aliphatic hydroxyl groups excluding tert-OH is 1. The maximum Gasteiger partial charge on any atom is 0.325 e. The van der Waals surface area contributed by atoms with Gasteiger partial charge in [0.15, 0.2) is 0 Å². The summed E-state index contributed by atoms with van der Waals surface area (Å²) >= 11 is 0. The van der Waals surface area contributed by atoms with Crippen molar-refractivity contribution in [1.29, 1.82) is 0 Å². The minimum Gasteiger partial charge on any atom is -0.480 e. The summed E-state index contributed by atoms with van der Waals surface area (Å²) in [6.45, 7) is -1.92. The highest BCUT2D eigenvalue weighted by atomic mass is 19.3. The van der Waals surface area contributed by atoms with Crippen LogP contribution in [-0.4, -0.2) is 68.2 Å². The average molecular weight is 307 g/mol. The molecule has 0 spiro atoms. The van der Waals surface area contributed by atoms with E-state index in [0.29, 0.717) is 0 Å². The van der Waals surface area contributed by atoms with E-state index in [-0.39, 0.29) is 25.3 Å². The van der Waals surface area contributed by atoms with Gasteiger partial charge in [0.1, 0.15) is 12.2 Å². The largest absolute Gasteiger partial charge is 0.480 e. The Bertz CT molecular complexity index is 482. The lowest BCUT2D eigenvalue weighted by Crippen LogP contribution is -2.43. The Kier molecular flexibility index (Phi) is 6.46. The number of aliphatic carboxylic acids is 1. The van der Waals surface area contributed by atoms with Crippen molar-refractivity contribution in [1.82, 2.24) is 25.2 Å². The van der Waals surface area contributed by atoms with E-state index in [1.807, 2.05) is 0 Å². The van der Waals surface area contributed by atoms with Crippen LogP contribution in [0.3, 0.4) is 0 Å². The summed E-state index contributed by atoms with van der Waals surface area (Å²) in [7, 11) is 0. The monoisotopic (exact) mass is 307 g/mol. The zero-order valence-corrected chi connectivity index (χ0v) is 10.9. The Balaban J connectivity index is 2.50. The number of nitrogens with one attached hydrogen (secondary N) is 1. The SMILES string of the molecule is O=C(O)Cn1cc(CNC(=O)N(CCO)CC(F)F)nn1. The smallest absolute Gasteiger partial charge is 0.325 e. The molecule has 1 aromatic rings. The Morgan fingerprint density at radius 2 is 2.19 bits per heavy atom. The number of aromatic nitrogens is 3. The van der Waals surface area contributed by atoms with Gasteiger partial charge < -0.3 is 20.4 Å². The van der Waals surface area contributed by atoms with Gasteiger partial charge >= 0.3 is 12.0 Å². The standard InChI is InChI=1S/C10H15F2N5O4/c11-8(12)5-16(1-2-18)10(21)13-3-7-4-17(15-14-7)6-9(19)20/h4,8,18H,1-3,5-6H2,(H,13,21)(H,19,20). The number of hydrogen-bond donors (Lipinski definition) is 3. The quantitative estimate of drug-likeness (QED) is 0.574. The van der Waals surface area contributed by atoms with Gasteiger partial charge in [0.25, 0.3) is 6.43 Å². The Labute approximate surface area is 118 Å². The van der Waals surface area contributed by atoms with Crippen LogP contribution in [0.1, 0.15) is 5.69 Å². The van der Waals surface area contributed by atoms with Crippen LogP contribution in [-0.2, 0) is 17.9 Å². The number of carboxylic acid groups (broad SMARTS) is 1. The van der Waals surface area contributed by atoms with E-state index in [0.717, 1.165) is 9.58 Å². The summed E-state index contributed by atoms with van der Waals surface area (Å²) in [6, 6.07) is -0.780. The first kappa shape index (κ1) is 16.8. The van der Waals surface area contributed by atoms with Gasteiger partial charge in [-0.3, -0.25) is 4.79 Å². The summed E-state index contributed by atoms with van der Waals surface area (Å²) in [5.41, 5.74) is 0.283. The highest BCUT2D eigenvalue weighted by Gasteiger charge is 2.17. The summed E-state index contributed by atoms with van der Waals surface area (Å²) in [6.07, 6.45) is -1.39. The molecule has 21 heavy (non-hydrogen) atoms. The predicted molar refractivity (Wildman–Crippen MR) is 64.6 cm³/mol. The van der Waals surface area contributed by atoms with Crippen LogP contribution in [0.2, 0.25) is 0 Å². The lowest BCUT2D eigenvalue weighted by Gasteiger charge is -2.21. The number of hydrogen-bond acceptors (Lipinski definition) is 5. The molecule has 0 unspecified atom stereocenters. The molecule has 0 saturated heterocycles. The molecule has 1 aromatic heterocycles. The van der Waals surface area contributed by atoms with Gasteiger partial charge in [-0.1, -0.05) is 5.21 Å². The number of amides is 2. The van der Waals surface area contributed by atoms with Gasteiger partial charge in [-0.2, -0.15) is 0 Å². The minimum absolute atomic E-state index is 0.0936. The van der Waals surface area contributed by atoms with Crippen LogP contribution >= 0.6 is 0 Å². The molecule has 0 bridgehead atoms. The van der Waals surface area contributed by atoms with Crippen molar-refractivity contribution in [2.24, 2.45) is 0 Å². The van der Waals surface area contributed by atoms with E-state index in [1.54, 1.807) is 0 Å². The van der Waals surface area contributed by atoms with Crippen LogP contribution in [0, 0.1) is 0 Å². The van der Waals surface area contributed by atoms with Crippen molar-refractivity contribution < 1.29 is 28.6 Å². The second kappa shape index (κ2) is 8.09. The van der Waals surface area contributed by atoms with Crippen molar-refractivity contribution in [2.45, 2.75) is 19.5 Å². The van der Waals surface area contributed by atoms with Gasteiger partial charge in [-0.25, -0.2) is 18.3 Å². The molecule has 0 aromatic carbocycles. The van der Waals surface area contributed by atoms with E-state index >= 15 is 0 Å². The fourth-order valence-corrected chi connectivity index (χ4v) is 1.48. The number of nitrogens with zero attached hydrogens (tertiary/aromatic N) is 4. The molecule has 3 N–H and O–H groups in total. The highest BCUT2D eigenvalue weighted by Crippen LogP contribution is 2.00. The van der Waals surface area contributed by atoms with E-state index in [4.69, 9.17) is 10.2 Å². The molecule has 1 rings (SSSR count). The Morgan fingerprint density at radius 3 is 2.76 bits per heavy atom. The molecule has 0 radical (unpaired) electrons. The number of halogens is 2. The maximum absolute atomic E-state index is 12.3. The van der Waals surface area contributed by atoms with Crippen LogP contribution < -0.4 is 5.32 Å². The fourth-order valence-electron chi connectivity index (χ4n) is 1.48.